The summed E-state index contributed by atoms with van der Waals surface area (Å²) >= 11 is 0. The van der Waals surface area contributed by atoms with E-state index in [1.807, 2.05) is 18.2 Å². The zero-order valence-electron chi connectivity index (χ0n) is 28.5. The Morgan fingerprint density at radius 3 is 2.41 bits per heavy atom. The summed E-state index contributed by atoms with van der Waals surface area (Å²) in [4.78, 5) is 58.0. The normalized spacial score (nSPS) is 17.7. The molecular weight excluding hydrogens is 602 g/mol. The smallest absolute Gasteiger partial charge is 0.408 e. The molecule has 3 aromatic rings. The zero-order valence-corrected chi connectivity index (χ0v) is 29.5. The van der Waals surface area contributed by atoms with Gasteiger partial charge in [0.15, 0.2) is 0 Å². The molecule has 2 aromatic heterocycles. The number of alkyl carbamates (subject to hydrolysis) is 1. The number of cyclic esters (lactones) is 1. The Hall–Kier alpha value is -3.99. The molecule has 0 saturated carbocycles. The van der Waals surface area contributed by atoms with Crippen LogP contribution in [0.5, 0.6) is 0 Å². The molecule has 0 aliphatic carbocycles. The lowest BCUT2D eigenvalue weighted by molar-refractivity contribution is -0.188. The van der Waals surface area contributed by atoms with Crippen molar-refractivity contribution in [1.82, 2.24) is 14.9 Å². The summed E-state index contributed by atoms with van der Waals surface area (Å²) in [5, 5.41) is 4.77. The quantitative estimate of drug-likeness (QED) is 0.158. The molecule has 0 bridgehead atoms. The molecule has 1 unspecified atom stereocenters. The maximum Gasteiger partial charge on any atom is 0.408 e. The fourth-order valence-corrected chi connectivity index (χ4v) is 10.6. The van der Waals surface area contributed by atoms with E-state index in [9.17, 15) is 19.2 Å². The van der Waals surface area contributed by atoms with Gasteiger partial charge in [-0.25, -0.2) is 14.6 Å². The van der Waals surface area contributed by atoms with Crippen molar-refractivity contribution in [3.05, 3.63) is 57.4 Å². The first-order chi connectivity index (χ1) is 21.4. The van der Waals surface area contributed by atoms with Gasteiger partial charge in [-0.05, 0) is 66.4 Å². The van der Waals surface area contributed by atoms with E-state index in [-0.39, 0.29) is 34.8 Å². The Labute approximate surface area is 270 Å². The van der Waals surface area contributed by atoms with E-state index in [0.717, 1.165) is 16.5 Å². The van der Waals surface area contributed by atoms with Crippen molar-refractivity contribution in [3.8, 4) is 11.4 Å². The lowest BCUT2D eigenvalue weighted by Gasteiger charge is -2.45. The van der Waals surface area contributed by atoms with Gasteiger partial charge in [-0.3, -0.25) is 9.59 Å². The fraction of sp³-hybridized carbons (Fsp3) is 0.514. The molecule has 2 aliphatic rings. The molecule has 246 valence electrons. The summed E-state index contributed by atoms with van der Waals surface area (Å²) in [5.74, 6) is -1.22. The van der Waals surface area contributed by atoms with E-state index in [4.69, 9.17) is 19.2 Å². The summed E-state index contributed by atoms with van der Waals surface area (Å²) in [7, 11) is -2.23. The van der Waals surface area contributed by atoms with Crippen molar-refractivity contribution in [3.63, 3.8) is 0 Å². The van der Waals surface area contributed by atoms with Crippen molar-refractivity contribution in [2.75, 3.05) is 6.54 Å². The van der Waals surface area contributed by atoms with E-state index in [2.05, 4.69) is 52.2 Å². The number of carbonyl (C=O) groups is 3. The number of ether oxygens (including phenoxy) is 3. The first-order valence-corrected chi connectivity index (χ1v) is 18.9. The third-order valence-corrected chi connectivity index (χ3v) is 15.9. The molecule has 4 heterocycles. The minimum absolute atomic E-state index is 0.0169. The SMILES string of the molecule is CCC1(OC(=O)CNC(=O)OC(C)(C)C)C(=O)OCc2c1cc1n(c2=O)Cc2c-1nc1ccccc1c2[Si](C)(C)C(C)(C)C(C)C. The van der Waals surface area contributed by atoms with E-state index < -0.39 is 43.9 Å². The van der Waals surface area contributed by atoms with E-state index in [1.165, 1.54) is 5.19 Å². The van der Waals surface area contributed by atoms with Crippen molar-refractivity contribution >= 4 is 42.2 Å². The van der Waals surface area contributed by atoms with Gasteiger partial charge in [0.2, 0.25) is 5.60 Å². The average Bonchev–Trinajstić information content (AvgIpc) is 3.33. The minimum Gasteiger partial charge on any atom is -0.457 e. The Balaban J connectivity index is 1.65. The highest BCUT2D eigenvalue weighted by atomic mass is 28.3. The summed E-state index contributed by atoms with van der Waals surface area (Å²) in [6.45, 7) is 20.4. The second kappa shape index (κ2) is 11.4. The predicted molar refractivity (Wildman–Crippen MR) is 179 cm³/mol. The number of esters is 2. The number of fused-ring (bicyclic) bond motifs is 5. The van der Waals surface area contributed by atoms with Crippen LogP contribution < -0.4 is 16.1 Å². The van der Waals surface area contributed by atoms with Gasteiger partial charge in [0.25, 0.3) is 5.56 Å². The van der Waals surface area contributed by atoms with Crippen LogP contribution in [-0.4, -0.2) is 47.8 Å². The van der Waals surface area contributed by atoms with Crippen LogP contribution in [-0.2, 0) is 42.6 Å². The fourth-order valence-electron chi connectivity index (χ4n) is 6.63. The summed E-state index contributed by atoms with van der Waals surface area (Å²) in [6.07, 6.45) is -0.776. The molecule has 5 rings (SSSR count). The number of pyridine rings is 2. The van der Waals surface area contributed by atoms with Crippen LogP contribution in [0, 0.1) is 5.92 Å². The van der Waals surface area contributed by atoms with Crippen molar-refractivity contribution < 1.29 is 28.6 Å². The molecule has 0 radical (unpaired) electrons. The van der Waals surface area contributed by atoms with Gasteiger partial charge < -0.3 is 24.1 Å². The lowest BCUT2D eigenvalue weighted by Crippen LogP contribution is -2.54. The number of nitrogens with one attached hydrogen (secondary N) is 1. The highest BCUT2D eigenvalue weighted by molar-refractivity contribution is 6.94. The number of nitrogens with zero attached hydrogens (tertiary/aromatic N) is 2. The summed E-state index contributed by atoms with van der Waals surface area (Å²) in [5.41, 5.74) is 0.760. The molecule has 1 N–H and O–H groups in total. The number of hydrogen-bond acceptors (Lipinski definition) is 8. The van der Waals surface area contributed by atoms with Gasteiger partial charge in [-0.1, -0.05) is 65.9 Å². The van der Waals surface area contributed by atoms with Crippen LogP contribution in [0.4, 0.5) is 4.79 Å². The first kappa shape index (κ1) is 33.4. The number of carbonyl (C=O) groups excluding carboxylic acids is 3. The Bertz CT molecular complexity index is 1820. The zero-order chi connectivity index (χ0) is 34.0. The molecule has 0 saturated heterocycles. The summed E-state index contributed by atoms with van der Waals surface area (Å²) < 4.78 is 18.2. The molecular formula is C35H45N3O7Si. The standard InChI is InChI=1S/C35H45N3O7Si/c1-11-35(44-27(39)17-36-32(42)45-33(4,5)6)24-16-26-28-22(18-38(26)30(40)23(24)19-43-31(35)41)29(21-14-12-13-15-25(21)37-28)46(9,10)34(7,8)20(2)3/h12-16,20H,11,17-19H2,1-10H3,(H,36,42). The van der Waals surface area contributed by atoms with Gasteiger partial charge in [0.05, 0.1) is 37.1 Å². The first-order valence-electron chi connectivity index (χ1n) is 15.9. The molecule has 1 aromatic carbocycles. The van der Waals surface area contributed by atoms with Crippen molar-refractivity contribution in [2.45, 2.75) is 104 Å². The number of hydrogen-bond donors (Lipinski definition) is 1. The van der Waals surface area contributed by atoms with Crippen LogP contribution in [0.3, 0.4) is 0 Å². The van der Waals surface area contributed by atoms with Crippen molar-refractivity contribution in [1.29, 1.82) is 0 Å². The van der Waals surface area contributed by atoms with E-state index in [1.54, 1.807) is 38.3 Å². The van der Waals surface area contributed by atoms with Gasteiger partial charge in [-0.15, -0.1) is 0 Å². The van der Waals surface area contributed by atoms with E-state index in [0.29, 0.717) is 23.9 Å². The summed E-state index contributed by atoms with van der Waals surface area (Å²) in [6, 6.07) is 9.89. The highest BCUT2D eigenvalue weighted by Gasteiger charge is 2.51. The molecule has 0 fully saturated rings. The second-order valence-corrected chi connectivity index (χ2v) is 19.8. The maximum absolute atomic E-state index is 14.2. The minimum atomic E-state index is -2.23. The Morgan fingerprint density at radius 2 is 1.78 bits per heavy atom. The maximum atomic E-state index is 14.2. The van der Waals surface area contributed by atoms with Crippen LogP contribution in [0.25, 0.3) is 22.3 Å². The van der Waals surface area contributed by atoms with Crippen LogP contribution in [0.2, 0.25) is 18.1 Å². The largest absolute Gasteiger partial charge is 0.457 e. The Kier molecular flexibility index (Phi) is 8.24. The van der Waals surface area contributed by atoms with Crippen LogP contribution in [0.15, 0.2) is 35.1 Å². The van der Waals surface area contributed by atoms with Gasteiger partial charge >= 0.3 is 18.0 Å². The second-order valence-electron chi connectivity index (χ2n) is 14.7. The number of rotatable bonds is 7. The molecule has 1 atom stereocenters. The highest BCUT2D eigenvalue weighted by Crippen LogP contribution is 2.47. The third-order valence-electron chi connectivity index (χ3n) is 10.3. The Morgan fingerprint density at radius 1 is 1.11 bits per heavy atom. The number of para-hydroxylation sites is 1. The lowest BCUT2D eigenvalue weighted by atomic mass is 9.85. The number of amides is 1. The van der Waals surface area contributed by atoms with Crippen LogP contribution in [0.1, 0.15) is 78.5 Å². The molecule has 10 nitrogen and oxygen atoms in total. The molecule has 11 heteroatoms. The monoisotopic (exact) mass is 647 g/mol. The predicted octanol–water partition coefficient (Wildman–Crippen LogP) is 5.51. The average molecular weight is 648 g/mol. The topological polar surface area (TPSA) is 126 Å². The number of benzene rings is 1. The molecule has 1 amide bonds. The number of aromatic nitrogens is 2. The van der Waals surface area contributed by atoms with Gasteiger partial charge in [-0.2, -0.15) is 0 Å². The van der Waals surface area contributed by atoms with Crippen molar-refractivity contribution in [2.24, 2.45) is 5.92 Å². The molecule has 2 aliphatic heterocycles. The van der Waals surface area contributed by atoms with E-state index >= 15 is 0 Å². The van der Waals surface area contributed by atoms with Crippen LogP contribution >= 0.6 is 0 Å². The third kappa shape index (κ3) is 5.32. The van der Waals surface area contributed by atoms with Gasteiger partial charge in [0.1, 0.15) is 18.8 Å². The molecule has 46 heavy (non-hydrogen) atoms. The molecule has 0 spiro atoms. The van der Waals surface area contributed by atoms with Gasteiger partial charge in [0, 0.05) is 5.56 Å².